The number of aliphatic carboxylic acids is 1. The lowest BCUT2D eigenvalue weighted by molar-refractivity contribution is -0.192. The highest BCUT2D eigenvalue weighted by Crippen LogP contribution is 2.26. The number of pyridine rings is 1. The zero-order chi connectivity index (χ0) is 21.0. The molecule has 0 bridgehead atoms. The highest BCUT2D eigenvalue weighted by molar-refractivity contribution is 5.97. The number of aromatic amines is 1. The molecule has 0 aliphatic carbocycles. The van der Waals surface area contributed by atoms with E-state index in [4.69, 9.17) is 9.90 Å². The Balaban J connectivity index is 0.000000298. The van der Waals surface area contributed by atoms with Crippen LogP contribution < -0.4 is 5.32 Å². The number of nitrogens with zero attached hydrogens (tertiary/aromatic N) is 3. The molecular formula is C18H14F3N5O3. The van der Waals surface area contributed by atoms with Crippen molar-refractivity contribution in [1.29, 1.82) is 0 Å². The normalized spacial score (nSPS) is 13.0. The second-order valence-electron chi connectivity index (χ2n) is 5.94. The van der Waals surface area contributed by atoms with Crippen molar-refractivity contribution < 1.29 is 27.9 Å². The summed E-state index contributed by atoms with van der Waals surface area (Å²) in [5.74, 6) is -2.78. The molecule has 0 radical (unpaired) electrons. The average molecular weight is 405 g/mol. The van der Waals surface area contributed by atoms with Crippen molar-refractivity contribution in [3.05, 3.63) is 54.4 Å². The van der Waals surface area contributed by atoms with Crippen molar-refractivity contribution >= 4 is 11.9 Å². The third kappa shape index (κ3) is 4.75. The number of aromatic nitrogens is 4. The van der Waals surface area contributed by atoms with E-state index in [1.165, 1.54) is 6.33 Å². The van der Waals surface area contributed by atoms with Crippen LogP contribution in [0.25, 0.3) is 22.5 Å². The summed E-state index contributed by atoms with van der Waals surface area (Å²) in [6.45, 7) is 0.675. The Hall–Kier alpha value is -3.76. The molecule has 0 saturated carbocycles. The summed E-state index contributed by atoms with van der Waals surface area (Å²) in [7, 11) is 0. The lowest BCUT2D eigenvalue weighted by atomic mass is 10.1. The number of carboxylic acids is 1. The Labute approximate surface area is 161 Å². The number of hydrogen-bond acceptors (Lipinski definition) is 5. The van der Waals surface area contributed by atoms with E-state index in [1.807, 2.05) is 18.2 Å². The Morgan fingerprint density at radius 2 is 1.83 bits per heavy atom. The van der Waals surface area contributed by atoms with Crippen LogP contribution in [0.3, 0.4) is 0 Å². The molecule has 11 heteroatoms. The number of rotatable bonds is 2. The van der Waals surface area contributed by atoms with E-state index < -0.39 is 12.1 Å². The summed E-state index contributed by atoms with van der Waals surface area (Å²) < 4.78 is 31.7. The van der Waals surface area contributed by atoms with Gasteiger partial charge in [-0.1, -0.05) is 0 Å². The molecule has 0 saturated heterocycles. The molecular weight excluding hydrogens is 391 g/mol. The lowest BCUT2D eigenvalue weighted by Crippen LogP contribution is -2.31. The van der Waals surface area contributed by atoms with E-state index in [9.17, 15) is 18.0 Å². The summed E-state index contributed by atoms with van der Waals surface area (Å²) in [4.78, 5) is 36.5. The highest BCUT2D eigenvalue weighted by atomic mass is 19.4. The second kappa shape index (κ2) is 8.09. The number of H-pyrrole nitrogens is 1. The van der Waals surface area contributed by atoms with E-state index in [1.54, 1.807) is 18.6 Å². The van der Waals surface area contributed by atoms with Gasteiger partial charge in [0.25, 0.3) is 5.91 Å². The van der Waals surface area contributed by atoms with Gasteiger partial charge < -0.3 is 15.4 Å². The molecule has 29 heavy (non-hydrogen) atoms. The number of alkyl halides is 3. The molecule has 4 rings (SSSR count). The zero-order valence-electron chi connectivity index (χ0n) is 14.7. The first-order chi connectivity index (χ1) is 13.8. The van der Waals surface area contributed by atoms with E-state index in [0.717, 1.165) is 40.2 Å². The van der Waals surface area contributed by atoms with Gasteiger partial charge in [0.2, 0.25) is 0 Å². The molecule has 0 fully saturated rings. The summed E-state index contributed by atoms with van der Waals surface area (Å²) in [5.41, 5.74) is 5.27. The maximum absolute atomic E-state index is 11.9. The predicted octanol–water partition coefficient (Wildman–Crippen LogP) is 2.45. The van der Waals surface area contributed by atoms with Crippen molar-refractivity contribution in [2.45, 2.75) is 12.6 Å². The molecule has 1 aliphatic heterocycles. The largest absolute Gasteiger partial charge is 0.490 e. The Bertz CT molecular complexity index is 1030. The summed E-state index contributed by atoms with van der Waals surface area (Å²) in [6, 6.07) is 5.78. The van der Waals surface area contributed by atoms with Crippen LogP contribution in [0.5, 0.6) is 0 Å². The van der Waals surface area contributed by atoms with Gasteiger partial charge in [-0.2, -0.15) is 13.2 Å². The summed E-state index contributed by atoms with van der Waals surface area (Å²) >= 11 is 0. The average Bonchev–Trinajstić information content (AvgIpc) is 3.14. The molecule has 1 aliphatic rings. The molecule has 0 spiro atoms. The van der Waals surface area contributed by atoms with E-state index in [0.29, 0.717) is 6.54 Å². The van der Waals surface area contributed by atoms with Crippen LogP contribution >= 0.6 is 0 Å². The molecule has 3 aromatic rings. The first-order valence-electron chi connectivity index (χ1n) is 8.27. The number of amides is 1. The number of nitrogens with one attached hydrogen (secondary N) is 2. The van der Waals surface area contributed by atoms with Crippen molar-refractivity contribution in [3.63, 3.8) is 0 Å². The van der Waals surface area contributed by atoms with Crippen molar-refractivity contribution in [2.24, 2.45) is 0 Å². The summed E-state index contributed by atoms with van der Waals surface area (Å²) in [6.07, 6.45) is 2.44. The van der Waals surface area contributed by atoms with Crippen LogP contribution in [-0.2, 0) is 11.2 Å². The first-order valence-corrected chi connectivity index (χ1v) is 8.27. The molecule has 1 amide bonds. The van der Waals surface area contributed by atoms with E-state index >= 15 is 0 Å². The van der Waals surface area contributed by atoms with Gasteiger partial charge in [0.1, 0.15) is 6.33 Å². The third-order valence-electron chi connectivity index (χ3n) is 3.97. The highest BCUT2D eigenvalue weighted by Gasteiger charge is 2.38. The van der Waals surface area contributed by atoms with Crippen LogP contribution in [-0.4, -0.2) is 49.6 Å². The lowest BCUT2D eigenvalue weighted by Gasteiger charge is -2.10. The second-order valence-corrected chi connectivity index (χ2v) is 5.94. The van der Waals surface area contributed by atoms with Gasteiger partial charge in [-0.05, 0) is 18.2 Å². The van der Waals surface area contributed by atoms with Gasteiger partial charge in [0.05, 0.1) is 11.3 Å². The maximum Gasteiger partial charge on any atom is 0.490 e. The third-order valence-corrected chi connectivity index (χ3v) is 3.97. The monoisotopic (exact) mass is 405 g/mol. The van der Waals surface area contributed by atoms with Gasteiger partial charge in [-0.25, -0.2) is 14.8 Å². The molecule has 0 atom stereocenters. The number of halogens is 3. The fourth-order valence-corrected chi connectivity index (χ4v) is 2.64. The molecule has 4 heterocycles. The summed E-state index contributed by atoms with van der Waals surface area (Å²) in [5, 5.41) is 9.98. The van der Waals surface area contributed by atoms with Gasteiger partial charge >= 0.3 is 12.1 Å². The minimum absolute atomic E-state index is 0.0190. The van der Waals surface area contributed by atoms with Crippen molar-refractivity contribution in [2.75, 3.05) is 6.54 Å². The SMILES string of the molecule is O=C(O)C(F)(F)F.O=C1NCCc2[nH]c(-c3ccnc(-c4cncnc4)c3)cc21. The van der Waals surface area contributed by atoms with Crippen LogP contribution in [0.1, 0.15) is 16.1 Å². The molecule has 0 aromatic carbocycles. The molecule has 8 nitrogen and oxygen atoms in total. The fourth-order valence-electron chi connectivity index (χ4n) is 2.64. The van der Waals surface area contributed by atoms with E-state index in [-0.39, 0.29) is 5.91 Å². The van der Waals surface area contributed by atoms with Crippen LogP contribution in [0.2, 0.25) is 0 Å². The minimum atomic E-state index is -5.08. The van der Waals surface area contributed by atoms with Gasteiger partial charge in [0, 0.05) is 54.1 Å². The maximum atomic E-state index is 11.9. The zero-order valence-corrected chi connectivity index (χ0v) is 14.7. The number of carbonyl (C=O) groups is 2. The Morgan fingerprint density at radius 1 is 1.14 bits per heavy atom. The molecule has 3 aromatic heterocycles. The Kier molecular flexibility index (Phi) is 5.57. The number of fused-ring (bicyclic) bond motifs is 1. The van der Waals surface area contributed by atoms with Gasteiger partial charge in [-0.15, -0.1) is 0 Å². The molecule has 0 unspecified atom stereocenters. The van der Waals surface area contributed by atoms with Crippen LogP contribution in [0.15, 0.2) is 43.1 Å². The smallest absolute Gasteiger partial charge is 0.475 e. The Morgan fingerprint density at radius 3 is 2.45 bits per heavy atom. The number of carbonyl (C=O) groups excluding carboxylic acids is 1. The number of hydrogen-bond donors (Lipinski definition) is 3. The van der Waals surface area contributed by atoms with Gasteiger partial charge in [0.15, 0.2) is 0 Å². The quantitative estimate of drug-likeness (QED) is 0.602. The van der Waals surface area contributed by atoms with Crippen molar-refractivity contribution in [3.8, 4) is 22.5 Å². The fraction of sp³-hybridized carbons (Fsp3) is 0.167. The number of carboxylic acid groups (broad SMARTS) is 1. The van der Waals surface area contributed by atoms with Crippen LogP contribution in [0.4, 0.5) is 13.2 Å². The first kappa shape index (κ1) is 20.0. The minimum Gasteiger partial charge on any atom is -0.475 e. The predicted molar refractivity (Wildman–Crippen MR) is 94.8 cm³/mol. The van der Waals surface area contributed by atoms with Crippen molar-refractivity contribution in [1.82, 2.24) is 25.3 Å². The molecule has 150 valence electrons. The molecule has 3 N–H and O–H groups in total. The van der Waals surface area contributed by atoms with Crippen LogP contribution in [0, 0.1) is 0 Å². The standard InChI is InChI=1S/C16H13N5O.C2HF3O2/c22-16-12-6-15(21-13(12)2-4-20-16)10-1-3-19-14(5-10)11-7-17-9-18-8-11;3-2(4,5)1(6)7/h1,3,5-9,21H,2,4H2,(H,20,22);(H,6,7). The topological polar surface area (TPSA) is 121 Å². The van der Waals surface area contributed by atoms with E-state index in [2.05, 4.69) is 25.3 Å². The van der Waals surface area contributed by atoms with Gasteiger partial charge in [-0.3, -0.25) is 9.78 Å².